The number of rotatable bonds is 8. The first kappa shape index (κ1) is 40.0. The van der Waals surface area contributed by atoms with Gasteiger partial charge in [0.2, 0.25) is 17.8 Å². The molecule has 0 saturated carbocycles. The highest BCUT2D eigenvalue weighted by Crippen LogP contribution is 2.32. The summed E-state index contributed by atoms with van der Waals surface area (Å²) in [4.78, 5) is 78.9. The number of nitrogens with zero attached hydrogens (tertiary/aromatic N) is 8. The molecule has 2 aromatic heterocycles. The summed E-state index contributed by atoms with van der Waals surface area (Å²) in [5.41, 5.74) is 8.43. The highest BCUT2D eigenvalue weighted by Gasteiger charge is 2.39. The summed E-state index contributed by atoms with van der Waals surface area (Å²) in [7, 11) is 1.85. The average Bonchev–Trinajstić information content (AvgIpc) is 3.77. The number of likely N-dealkylation sites (tertiary alicyclic amines) is 1. The van der Waals surface area contributed by atoms with E-state index in [1.165, 1.54) is 4.90 Å². The molecule has 0 bridgehead atoms. The van der Waals surface area contributed by atoms with Crippen LogP contribution in [0.4, 0.5) is 23.1 Å². The van der Waals surface area contributed by atoms with Gasteiger partial charge in [-0.1, -0.05) is 30.3 Å². The fourth-order valence-corrected chi connectivity index (χ4v) is 8.98. The Morgan fingerprint density at radius 1 is 0.887 bits per heavy atom. The van der Waals surface area contributed by atoms with Crippen LogP contribution in [0.3, 0.4) is 0 Å². The second kappa shape index (κ2) is 16.2. The number of imide groups is 1. The van der Waals surface area contributed by atoms with E-state index in [9.17, 15) is 29.2 Å². The van der Waals surface area contributed by atoms with Crippen molar-refractivity contribution in [1.29, 1.82) is 5.26 Å². The average molecular weight is 832 g/mol. The van der Waals surface area contributed by atoms with Crippen LogP contribution in [-0.2, 0) is 40.9 Å². The van der Waals surface area contributed by atoms with Gasteiger partial charge in [-0.25, -0.2) is 9.67 Å². The third-order valence-corrected chi connectivity index (χ3v) is 12.4. The molecule has 9 rings (SSSR count). The summed E-state index contributed by atoms with van der Waals surface area (Å²) in [5.74, 6) is -0.576. The van der Waals surface area contributed by atoms with Crippen molar-refractivity contribution in [2.45, 2.75) is 65.1 Å². The minimum Gasteiger partial charge on any atom is -0.339 e. The van der Waals surface area contributed by atoms with Crippen LogP contribution in [0.5, 0.6) is 0 Å². The van der Waals surface area contributed by atoms with Gasteiger partial charge in [0.05, 0.1) is 5.39 Å². The van der Waals surface area contributed by atoms with E-state index >= 15 is 0 Å². The van der Waals surface area contributed by atoms with Crippen LogP contribution in [-0.4, -0.2) is 89.7 Å². The monoisotopic (exact) mass is 831 g/mol. The number of carbonyl (C=O) groups is 5. The van der Waals surface area contributed by atoms with Crippen molar-refractivity contribution in [3.8, 4) is 6.07 Å². The van der Waals surface area contributed by atoms with Gasteiger partial charge in [-0.2, -0.15) is 15.3 Å². The highest BCUT2D eigenvalue weighted by molar-refractivity contribution is 6.06. The second-order valence-corrected chi connectivity index (χ2v) is 16.5. The van der Waals surface area contributed by atoms with Gasteiger partial charge in [0.1, 0.15) is 17.7 Å². The predicted octanol–water partition coefficient (Wildman–Crippen LogP) is 5.12. The summed E-state index contributed by atoms with van der Waals surface area (Å²) in [6.45, 7) is 6.02. The van der Waals surface area contributed by atoms with Crippen LogP contribution >= 0.6 is 0 Å². The zero-order valence-electron chi connectivity index (χ0n) is 34.7. The van der Waals surface area contributed by atoms with E-state index in [0.29, 0.717) is 79.5 Å². The predicted molar refractivity (Wildman–Crippen MR) is 229 cm³/mol. The molecule has 16 heteroatoms. The molecule has 0 radical (unpaired) electrons. The van der Waals surface area contributed by atoms with Crippen molar-refractivity contribution in [2.24, 2.45) is 13.0 Å². The number of nitriles is 1. The first-order valence-electron chi connectivity index (χ1n) is 20.8. The van der Waals surface area contributed by atoms with Crippen molar-refractivity contribution in [1.82, 2.24) is 39.8 Å². The molecular weight excluding hydrogens is 787 g/mol. The molecule has 16 nitrogen and oxygen atoms in total. The van der Waals surface area contributed by atoms with Crippen LogP contribution in [0.15, 0.2) is 72.4 Å². The first-order chi connectivity index (χ1) is 29.9. The number of amides is 5. The van der Waals surface area contributed by atoms with Gasteiger partial charge in [0.25, 0.3) is 17.7 Å². The zero-order valence-corrected chi connectivity index (χ0v) is 34.7. The summed E-state index contributed by atoms with van der Waals surface area (Å²) < 4.78 is 1.72. The maximum Gasteiger partial charge on any atom is 0.264 e. The lowest BCUT2D eigenvalue weighted by Gasteiger charge is -2.32. The molecule has 4 aliphatic heterocycles. The molecule has 62 heavy (non-hydrogen) atoms. The molecule has 4 aliphatic rings. The van der Waals surface area contributed by atoms with E-state index in [2.05, 4.69) is 58.1 Å². The molecule has 2 saturated heterocycles. The third kappa shape index (κ3) is 7.61. The van der Waals surface area contributed by atoms with E-state index in [4.69, 9.17) is 4.98 Å². The van der Waals surface area contributed by atoms with E-state index < -0.39 is 11.9 Å². The van der Waals surface area contributed by atoms with Crippen LogP contribution in [0.1, 0.15) is 74.2 Å². The zero-order chi connectivity index (χ0) is 43.2. The van der Waals surface area contributed by atoms with Gasteiger partial charge in [0.15, 0.2) is 11.5 Å². The lowest BCUT2D eigenvalue weighted by atomic mass is 9.93. The lowest BCUT2D eigenvalue weighted by Crippen LogP contribution is -2.52. The van der Waals surface area contributed by atoms with E-state index in [0.717, 1.165) is 39.0 Å². The minimum absolute atomic E-state index is 0.0551. The topological polar surface area (TPSA) is 199 Å². The molecule has 0 aliphatic carbocycles. The molecule has 1 atom stereocenters. The molecule has 3 N–H and O–H groups in total. The molecule has 5 aromatic rings. The van der Waals surface area contributed by atoms with Crippen LogP contribution in [0.25, 0.3) is 11.0 Å². The van der Waals surface area contributed by atoms with Crippen LogP contribution in [0.2, 0.25) is 0 Å². The standard InChI is InChI=1S/C46H45N11O5/c1-26-5-4-6-27(2)39(26)51-40-36-23-48-46(52-41(36)54(3)53-40)49-34-9-7-29-15-18-56(24-32(29)21-34)44(61)31(22-47)19-28-13-16-55(17-14-28)43(60)30-8-10-35-33(20-30)25-57(45(35)62)37-11-12-38(58)50-42(37)59/h4-10,19-21,23,28,37H,11-18,24-25H2,1-3H3,(H,51,53)(H,48,49,52)(H,50,58,59)/b31-19+. The summed E-state index contributed by atoms with van der Waals surface area (Å²) >= 11 is 0. The Morgan fingerprint density at radius 2 is 1.68 bits per heavy atom. The first-order valence-corrected chi connectivity index (χ1v) is 20.8. The number of benzene rings is 3. The third-order valence-electron chi connectivity index (χ3n) is 12.4. The fourth-order valence-electron chi connectivity index (χ4n) is 8.98. The second-order valence-electron chi connectivity index (χ2n) is 16.5. The SMILES string of the molecule is Cc1cccc(C)c1Nc1nn(C)c2nc(Nc3ccc4c(c3)CN(C(=O)/C(C#N)=C/C3CCN(C(=O)c5ccc6c(c5)CN(C5CCC(=O)NC5=O)C6=O)CC3)CC4)ncc12. The lowest BCUT2D eigenvalue weighted by molar-refractivity contribution is -0.137. The fraction of sp³-hybridized carbons (Fsp3) is 0.326. The highest BCUT2D eigenvalue weighted by atomic mass is 16.2. The number of fused-ring (bicyclic) bond motifs is 3. The minimum atomic E-state index is -0.728. The van der Waals surface area contributed by atoms with Crippen molar-refractivity contribution >= 4 is 63.7 Å². The van der Waals surface area contributed by atoms with Crippen molar-refractivity contribution in [3.05, 3.63) is 111 Å². The van der Waals surface area contributed by atoms with E-state index in [1.807, 2.05) is 31.3 Å². The summed E-state index contributed by atoms with van der Waals surface area (Å²) in [6.07, 6.45) is 5.78. The Hall–Kier alpha value is -7.41. The van der Waals surface area contributed by atoms with Crippen molar-refractivity contribution in [3.63, 3.8) is 0 Å². The van der Waals surface area contributed by atoms with Crippen molar-refractivity contribution in [2.75, 3.05) is 30.3 Å². The largest absolute Gasteiger partial charge is 0.339 e. The molecule has 5 amide bonds. The Bertz CT molecular complexity index is 2760. The number of allylic oxidation sites excluding steroid dienone is 1. The van der Waals surface area contributed by atoms with Gasteiger partial charge in [-0.15, -0.1) is 0 Å². The van der Waals surface area contributed by atoms with Crippen LogP contribution < -0.4 is 16.0 Å². The number of aryl methyl sites for hydroxylation is 3. The van der Waals surface area contributed by atoms with Crippen LogP contribution in [0, 0.1) is 31.1 Å². The van der Waals surface area contributed by atoms with Gasteiger partial charge < -0.3 is 25.3 Å². The van der Waals surface area contributed by atoms with Gasteiger partial charge in [0, 0.05) is 74.9 Å². The maximum atomic E-state index is 13.8. The van der Waals surface area contributed by atoms with Gasteiger partial charge in [-0.05, 0) is 104 Å². The Labute approximate surface area is 357 Å². The molecule has 0 spiro atoms. The molecule has 1 unspecified atom stereocenters. The van der Waals surface area contributed by atoms with Gasteiger partial charge >= 0.3 is 0 Å². The molecule has 3 aromatic carbocycles. The number of hydrogen-bond acceptors (Lipinski definition) is 11. The maximum absolute atomic E-state index is 13.8. The summed E-state index contributed by atoms with van der Waals surface area (Å²) in [5, 5.41) is 24.7. The summed E-state index contributed by atoms with van der Waals surface area (Å²) in [6, 6.07) is 18.5. The van der Waals surface area contributed by atoms with Crippen molar-refractivity contribution < 1.29 is 24.0 Å². The number of nitrogens with one attached hydrogen (secondary N) is 3. The number of piperidine rings is 2. The number of hydrogen-bond donors (Lipinski definition) is 3. The van der Waals surface area contributed by atoms with Gasteiger partial charge in [-0.3, -0.25) is 29.3 Å². The normalized spacial score (nSPS) is 18.0. The number of aromatic nitrogens is 4. The molecular formula is C46H45N11O5. The van der Waals surface area contributed by atoms with E-state index in [1.54, 1.807) is 45.0 Å². The Morgan fingerprint density at radius 3 is 2.44 bits per heavy atom. The molecule has 314 valence electrons. The number of anilines is 4. The quantitative estimate of drug-likeness (QED) is 0.107. The molecule has 2 fully saturated rings. The Balaban J connectivity index is 0.811. The molecule has 6 heterocycles. The number of para-hydroxylation sites is 1. The smallest absolute Gasteiger partial charge is 0.264 e. The van der Waals surface area contributed by atoms with E-state index in [-0.39, 0.29) is 54.5 Å². The number of carbonyl (C=O) groups excluding carboxylic acids is 5. The Kier molecular flexibility index (Phi) is 10.5.